The van der Waals surface area contributed by atoms with Gasteiger partial charge in [-0.1, -0.05) is 72.1 Å². The van der Waals surface area contributed by atoms with Gasteiger partial charge < -0.3 is 4.57 Å². The quantitative estimate of drug-likeness (QED) is 0.462. The van der Waals surface area contributed by atoms with Crippen LogP contribution in [0.25, 0.3) is 0 Å². The topological polar surface area (TPSA) is 17.8 Å². The second-order valence-corrected chi connectivity index (χ2v) is 6.96. The summed E-state index contributed by atoms with van der Waals surface area (Å²) in [5, 5.41) is 0. The van der Waals surface area contributed by atoms with Gasteiger partial charge in [0.15, 0.2) is 0 Å². The maximum atomic E-state index is 4.75. The Hall–Kier alpha value is -0.790. The first kappa shape index (κ1) is 18.3. The first-order valence-electron chi connectivity index (χ1n) is 9.04. The van der Waals surface area contributed by atoms with Gasteiger partial charge in [0.05, 0.1) is 0 Å². The lowest BCUT2D eigenvalue weighted by atomic mass is 9.78. The van der Waals surface area contributed by atoms with E-state index in [1.165, 1.54) is 75.7 Å². The molecule has 0 aliphatic carbocycles. The summed E-state index contributed by atoms with van der Waals surface area (Å²) >= 11 is 0. The van der Waals surface area contributed by atoms with Gasteiger partial charge in [-0.05, 0) is 19.8 Å². The van der Waals surface area contributed by atoms with E-state index in [4.69, 9.17) is 4.98 Å². The minimum absolute atomic E-state index is 0.254. The van der Waals surface area contributed by atoms with Crippen LogP contribution in [0.3, 0.4) is 0 Å². The highest BCUT2D eigenvalue weighted by atomic mass is 15.1. The Morgan fingerprint density at radius 2 is 1.48 bits per heavy atom. The molecule has 1 rings (SSSR count). The molecule has 0 spiro atoms. The molecule has 0 N–H and O–H groups in total. The van der Waals surface area contributed by atoms with Crippen molar-refractivity contribution in [3.8, 4) is 0 Å². The van der Waals surface area contributed by atoms with Crippen LogP contribution >= 0.6 is 0 Å². The van der Waals surface area contributed by atoms with E-state index in [1.807, 2.05) is 6.20 Å². The van der Waals surface area contributed by atoms with Crippen LogP contribution in [-0.2, 0) is 12.5 Å². The van der Waals surface area contributed by atoms with Crippen LogP contribution < -0.4 is 0 Å². The molecule has 0 unspecified atom stereocenters. The number of hydrogen-bond donors (Lipinski definition) is 0. The number of aryl methyl sites for hydroxylation is 1. The molecular weight excluding hydrogens is 256 g/mol. The summed E-state index contributed by atoms with van der Waals surface area (Å²) in [6, 6.07) is 0. The molecule has 0 fully saturated rings. The molecular formula is C19H36N2. The lowest BCUT2D eigenvalue weighted by molar-refractivity contribution is 0.337. The second-order valence-electron chi connectivity index (χ2n) is 6.96. The molecule has 2 heteroatoms. The molecule has 0 saturated carbocycles. The molecule has 1 heterocycles. The number of aromatic nitrogens is 2. The molecule has 0 aliphatic heterocycles. The van der Waals surface area contributed by atoms with E-state index < -0.39 is 0 Å². The van der Waals surface area contributed by atoms with E-state index in [0.717, 1.165) is 0 Å². The summed E-state index contributed by atoms with van der Waals surface area (Å²) in [7, 11) is 2.17. The fraction of sp³-hybridized carbons (Fsp3) is 0.842. The van der Waals surface area contributed by atoms with E-state index in [9.17, 15) is 0 Å². The van der Waals surface area contributed by atoms with E-state index in [2.05, 4.69) is 39.3 Å². The first-order valence-corrected chi connectivity index (χ1v) is 9.04. The van der Waals surface area contributed by atoms with Gasteiger partial charge in [0.2, 0.25) is 0 Å². The van der Waals surface area contributed by atoms with Crippen molar-refractivity contribution in [3.63, 3.8) is 0 Å². The fourth-order valence-corrected chi connectivity index (χ4v) is 3.29. The number of hydrogen-bond acceptors (Lipinski definition) is 1. The minimum atomic E-state index is 0.254. The number of unbranched alkanes of at least 4 members (excludes halogenated alkanes) is 6. The zero-order valence-electron chi connectivity index (χ0n) is 15.0. The summed E-state index contributed by atoms with van der Waals surface area (Å²) in [6.45, 7) is 9.16. The van der Waals surface area contributed by atoms with Gasteiger partial charge >= 0.3 is 0 Å². The molecule has 0 amide bonds. The average Bonchev–Trinajstić information content (AvgIpc) is 2.81. The van der Waals surface area contributed by atoms with Crippen LogP contribution in [0.4, 0.5) is 0 Å². The van der Waals surface area contributed by atoms with Crippen LogP contribution in [0.15, 0.2) is 6.20 Å². The zero-order chi connectivity index (χ0) is 15.7. The maximum Gasteiger partial charge on any atom is 0.114 e. The van der Waals surface area contributed by atoms with E-state index in [1.54, 1.807) is 0 Å². The standard InChI is InChI=1S/C19H36N2/c1-6-8-10-12-14-19(4,15-13-11-9-7-2)18-20-16-17(3)21(18)5/h16H,6-15H2,1-5H3. The smallest absolute Gasteiger partial charge is 0.114 e. The van der Waals surface area contributed by atoms with Gasteiger partial charge in [0.25, 0.3) is 0 Å². The van der Waals surface area contributed by atoms with Crippen LogP contribution in [0.1, 0.15) is 96.5 Å². The number of imidazole rings is 1. The van der Waals surface area contributed by atoms with Crippen molar-refractivity contribution in [1.82, 2.24) is 9.55 Å². The van der Waals surface area contributed by atoms with Crippen LogP contribution in [0, 0.1) is 6.92 Å². The summed E-state index contributed by atoms with van der Waals surface area (Å²) in [6.07, 6.45) is 15.4. The highest BCUT2D eigenvalue weighted by molar-refractivity contribution is 5.13. The van der Waals surface area contributed by atoms with E-state index in [0.29, 0.717) is 0 Å². The summed E-state index contributed by atoms with van der Waals surface area (Å²) in [5.41, 5.74) is 1.53. The van der Waals surface area contributed by atoms with Gasteiger partial charge in [-0.15, -0.1) is 0 Å². The Morgan fingerprint density at radius 1 is 0.952 bits per heavy atom. The SMILES string of the molecule is CCCCCCC(C)(CCCCCC)c1ncc(C)n1C. The third-order valence-electron chi connectivity index (χ3n) is 4.92. The highest BCUT2D eigenvalue weighted by Crippen LogP contribution is 2.34. The van der Waals surface area contributed by atoms with Crippen LogP contribution in [0.5, 0.6) is 0 Å². The van der Waals surface area contributed by atoms with Crippen molar-refractivity contribution in [2.45, 2.75) is 97.3 Å². The van der Waals surface area contributed by atoms with Crippen molar-refractivity contribution >= 4 is 0 Å². The van der Waals surface area contributed by atoms with Gasteiger partial charge in [-0.2, -0.15) is 0 Å². The fourth-order valence-electron chi connectivity index (χ4n) is 3.29. The Labute approximate surface area is 132 Å². The molecule has 1 aromatic rings. The normalized spacial score (nSPS) is 12.0. The second kappa shape index (κ2) is 9.27. The lowest BCUT2D eigenvalue weighted by Crippen LogP contribution is -2.26. The summed E-state index contributed by atoms with van der Waals surface area (Å²) in [4.78, 5) is 4.75. The zero-order valence-corrected chi connectivity index (χ0v) is 15.0. The molecule has 2 nitrogen and oxygen atoms in total. The van der Waals surface area contributed by atoms with Crippen molar-refractivity contribution in [2.75, 3.05) is 0 Å². The average molecular weight is 293 g/mol. The molecule has 0 atom stereocenters. The molecule has 0 radical (unpaired) electrons. The number of nitrogens with zero attached hydrogens (tertiary/aromatic N) is 2. The molecule has 0 aliphatic rings. The largest absolute Gasteiger partial charge is 0.335 e. The van der Waals surface area contributed by atoms with Gasteiger partial charge in [-0.25, -0.2) is 4.98 Å². The minimum Gasteiger partial charge on any atom is -0.335 e. The van der Waals surface area contributed by atoms with E-state index in [-0.39, 0.29) is 5.41 Å². The highest BCUT2D eigenvalue weighted by Gasteiger charge is 2.30. The molecule has 0 bridgehead atoms. The van der Waals surface area contributed by atoms with Crippen LogP contribution in [-0.4, -0.2) is 9.55 Å². The lowest BCUT2D eigenvalue weighted by Gasteiger charge is -2.29. The Morgan fingerprint density at radius 3 is 1.86 bits per heavy atom. The molecule has 122 valence electrons. The predicted octanol–water partition coefficient (Wildman–Crippen LogP) is 5.93. The Kier molecular flexibility index (Phi) is 8.06. The molecule has 1 aromatic heterocycles. The van der Waals surface area contributed by atoms with E-state index >= 15 is 0 Å². The van der Waals surface area contributed by atoms with Gasteiger partial charge in [0.1, 0.15) is 5.82 Å². The predicted molar refractivity (Wildman–Crippen MR) is 92.8 cm³/mol. The van der Waals surface area contributed by atoms with Gasteiger partial charge in [-0.3, -0.25) is 0 Å². The Balaban J connectivity index is 2.70. The van der Waals surface area contributed by atoms with Crippen molar-refractivity contribution in [3.05, 3.63) is 17.7 Å². The van der Waals surface area contributed by atoms with Gasteiger partial charge in [0, 0.05) is 24.4 Å². The third kappa shape index (κ3) is 5.48. The van der Waals surface area contributed by atoms with Crippen molar-refractivity contribution in [1.29, 1.82) is 0 Å². The maximum absolute atomic E-state index is 4.75. The summed E-state index contributed by atoms with van der Waals surface area (Å²) < 4.78 is 2.31. The van der Waals surface area contributed by atoms with Crippen LogP contribution in [0.2, 0.25) is 0 Å². The molecule has 21 heavy (non-hydrogen) atoms. The molecule has 0 saturated heterocycles. The Bertz CT molecular complexity index is 380. The monoisotopic (exact) mass is 292 g/mol. The van der Waals surface area contributed by atoms with Crippen molar-refractivity contribution < 1.29 is 0 Å². The third-order valence-corrected chi connectivity index (χ3v) is 4.92. The molecule has 0 aromatic carbocycles. The summed E-state index contributed by atoms with van der Waals surface area (Å²) in [5.74, 6) is 1.30. The van der Waals surface area contributed by atoms with Crippen molar-refractivity contribution in [2.24, 2.45) is 7.05 Å². The number of rotatable bonds is 11. The first-order chi connectivity index (χ1) is 10.0.